The minimum atomic E-state index is -0.767. The number of hydrogen-bond donors (Lipinski definition) is 0. The Kier molecular flexibility index (Phi) is 49.3. The van der Waals surface area contributed by atoms with E-state index in [9.17, 15) is 14.4 Å². The van der Waals surface area contributed by atoms with Crippen molar-refractivity contribution in [2.45, 2.75) is 309 Å². The van der Waals surface area contributed by atoms with Crippen molar-refractivity contribution >= 4 is 17.9 Å². The van der Waals surface area contributed by atoms with Gasteiger partial charge in [-0.3, -0.25) is 14.4 Å². The summed E-state index contributed by atoms with van der Waals surface area (Å²) in [6.07, 6.45) is 56.2. The molecule has 0 amide bonds. The first-order valence-corrected chi connectivity index (χ1v) is 27.2. The van der Waals surface area contributed by atoms with Crippen molar-refractivity contribution in [2.24, 2.45) is 0 Å². The number of ether oxygens (including phenoxy) is 3. The maximum atomic E-state index is 12.8. The molecule has 0 aromatic carbocycles. The number of allylic oxidation sites excluding steroid dienone is 2. The first-order valence-electron chi connectivity index (χ1n) is 27.2. The summed E-state index contributed by atoms with van der Waals surface area (Å²) in [5.41, 5.74) is 0. The van der Waals surface area contributed by atoms with E-state index in [2.05, 4.69) is 32.9 Å². The third-order valence-electron chi connectivity index (χ3n) is 12.3. The summed E-state index contributed by atoms with van der Waals surface area (Å²) >= 11 is 0. The van der Waals surface area contributed by atoms with Gasteiger partial charge in [0.05, 0.1) is 0 Å². The molecule has 61 heavy (non-hydrogen) atoms. The minimum Gasteiger partial charge on any atom is -0.462 e. The van der Waals surface area contributed by atoms with Gasteiger partial charge in [-0.1, -0.05) is 251 Å². The smallest absolute Gasteiger partial charge is 0.306 e. The Morgan fingerprint density at radius 3 is 0.820 bits per heavy atom. The highest BCUT2D eigenvalue weighted by Crippen LogP contribution is 2.17. The van der Waals surface area contributed by atoms with Gasteiger partial charge >= 0.3 is 17.9 Å². The van der Waals surface area contributed by atoms with E-state index in [0.717, 1.165) is 64.2 Å². The quantitative estimate of drug-likeness (QED) is 0.0262. The van der Waals surface area contributed by atoms with E-state index in [0.29, 0.717) is 19.3 Å². The van der Waals surface area contributed by atoms with Crippen molar-refractivity contribution in [1.29, 1.82) is 0 Å². The maximum absolute atomic E-state index is 12.8. The molecule has 0 spiro atoms. The molecule has 0 aliphatic heterocycles. The molecule has 1 unspecified atom stereocenters. The molecule has 0 fully saturated rings. The molecule has 0 saturated heterocycles. The van der Waals surface area contributed by atoms with Crippen LogP contribution in [0.15, 0.2) is 12.2 Å². The van der Waals surface area contributed by atoms with E-state index in [-0.39, 0.29) is 31.1 Å². The highest BCUT2D eigenvalue weighted by Gasteiger charge is 2.19. The fourth-order valence-electron chi connectivity index (χ4n) is 8.14. The molecule has 6 heteroatoms. The van der Waals surface area contributed by atoms with E-state index < -0.39 is 6.10 Å². The van der Waals surface area contributed by atoms with Gasteiger partial charge in [0.25, 0.3) is 0 Å². The standard InChI is InChI=1S/C55H104O6/c1-4-7-10-13-16-19-22-24-26-27-28-29-31-33-36-39-42-45-48-54(57)60-51-52(50-59-53(56)47-44-41-38-35-32-21-18-15-12-9-6-3)61-55(58)49-46-43-40-37-34-30-25-23-20-17-14-11-8-5-2/h23,25,52H,4-22,24,26-51H2,1-3H3/b25-23-. The average molecular weight is 861 g/mol. The first kappa shape index (κ1) is 59.1. The van der Waals surface area contributed by atoms with Gasteiger partial charge in [-0.05, 0) is 44.9 Å². The number of hydrogen-bond acceptors (Lipinski definition) is 6. The summed E-state index contributed by atoms with van der Waals surface area (Å²) in [5.74, 6) is -0.858. The maximum Gasteiger partial charge on any atom is 0.306 e. The van der Waals surface area contributed by atoms with Crippen LogP contribution in [0.25, 0.3) is 0 Å². The SMILES string of the molecule is CCCCCCC/C=C\CCCCCCCC(=O)OC(COC(=O)CCCCCCCCCCCCC)COC(=O)CCCCCCCCCCCCCCCCCCCC. The van der Waals surface area contributed by atoms with E-state index in [1.807, 2.05) is 0 Å². The Bertz CT molecular complexity index is 947. The fourth-order valence-corrected chi connectivity index (χ4v) is 8.14. The number of carbonyl (C=O) groups excluding carboxylic acids is 3. The van der Waals surface area contributed by atoms with Crippen molar-refractivity contribution in [1.82, 2.24) is 0 Å². The molecule has 0 aromatic rings. The molecule has 0 aliphatic rings. The lowest BCUT2D eigenvalue weighted by Crippen LogP contribution is -2.30. The number of rotatable bonds is 50. The Labute approximate surface area is 380 Å². The third-order valence-corrected chi connectivity index (χ3v) is 12.3. The normalized spacial score (nSPS) is 12.0. The summed E-state index contributed by atoms with van der Waals surface area (Å²) in [6, 6.07) is 0. The molecule has 0 radical (unpaired) electrons. The Hall–Kier alpha value is -1.85. The topological polar surface area (TPSA) is 78.9 Å². The second-order valence-corrected chi connectivity index (χ2v) is 18.5. The monoisotopic (exact) mass is 861 g/mol. The van der Waals surface area contributed by atoms with Gasteiger partial charge in [0.15, 0.2) is 6.10 Å². The van der Waals surface area contributed by atoms with Crippen LogP contribution in [0.1, 0.15) is 303 Å². The van der Waals surface area contributed by atoms with Crippen molar-refractivity contribution in [3.8, 4) is 0 Å². The van der Waals surface area contributed by atoms with Crippen LogP contribution >= 0.6 is 0 Å². The number of carbonyl (C=O) groups is 3. The molecule has 6 nitrogen and oxygen atoms in total. The lowest BCUT2D eigenvalue weighted by molar-refractivity contribution is -0.167. The van der Waals surface area contributed by atoms with Crippen molar-refractivity contribution in [2.75, 3.05) is 13.2 Å². The van der Waals surface area contributed by atoms with E-state index in [1.165, 1.54) is 199 Å². The molecule has 0 aromatic heterocycles. The number of unbranched alkanes of at least 4 members (excludes halogenated alkanes) is 37. The lowest BCUT2D eigenvalue weighted by Gasteiger charge is -2.18. The molecular weight excluding hydrogens is 757 g/mol. The molecule has 0 bridgehead atoms. The van der Waals surface area contributed by atoms with Crippen LogP contribution in [0.3, 0.4) is 0 Å². The molecule has 1 atom stereocenters. The summed E-state index contributed by atoms with van der Waals surface area (Å²) in [4.78, 5) is 38.0. The molecule has 0 saturated carbocycles. The van der Waals surface area contributed by atoms with Gasteiger partial charge in [0.1, 0.15) is 13.2 Å². The minimum absolute atomic E-state index is 0.0679. The zero-order valence-corrected chi connectivity index (χ0v) is 41.2. The van der Waals surface area contributed by atoms with Crippen LogP contribution in [0.2, 0.25) is 0 Å². The van der Waals surface area contributed by atoms with Crippen molar-refractivity contribution in [3.05, 3.63) is 12.2 Å². The Morgan fingerprint density at radius 2 is 0.541 bits per heavy atom. The van der Waals surface area contributed by atoms with Crippen LogP contribution in [-0.2, 0) is 28.6 Å². The van der Waals surface area contributed by atoms with Gasteiger partial charge in [-0.2, -0.15) is 0 Å². The zero-order valence-electron chi connectivity index (χ0n) is 41.2. The predicted octanol–water partition coefficient (Wildman–Crippen LogP) is 17.8. The highest BCUT2D eigenvalue weighted by molar-refractivity contribution is 5.71. The van der Waals surface area contributed by atoms with E-state index >= 15 is 0 Å². The first-order chi connectivity index (χ1) is 30.0. The number of esters is 3. The molecule has 0 rings (SSSR count). The Balaban J connectivity index is 4.28. The fraction of sp³-hybridized carbons (Fsp3) is 0.909. The van der Waals surface area contributed by atoms with E-state index in [4.69, 9.17) is 14.2 Å². The van der Waals surface area contributed by atoms with Crippen LogP contribution in [0, 0.1) is 0 Å². The van der Waals surface area contributed by atoms with Crippen LogP contribution in [0.5, 0.6) is 0 Å². The second-order valence-electron chi connectivity index (χ2n) is 18.5. The largest absolute Gasteiger partial charge is 0.462 e. The van der Waals surface area contributed by atoms with Gasteiger partial charge in [0.2, 0.25) is 0 Å². The van der Waals surface area contributed by atoms with Gasteiger partial charge < -0.3 is 14.2 Å². The summed E-state index contributed by atoms with van der Waals surface area (Å²) < 4.78 is 16.8. The third kappa shape index (κ3) is 49.0. The van der Waals surface area contributed by atoms with Crippen molar-refractivity contribution < 1.29 is 28.6 Å². The molecule has 0 heterocycles. The molecule has 360 valence electrons. The zero-order chi connectivity index (χ0) is 44.4. The summed E-state index contributed by atoms with van der Waals surface area (Å²) in [6.45, 7) is 6.66. The van der Waals surface area contributed by atoms with Crippen LogP contribution < -0.4 is 0 Å². The molecule has 0 aliphatic carbocycles. The average Bonchev–Trinajstić information content (AvgIpc) is 3.26. The van der Waals surface area contributed by atoms with Gasteiger partial charge in [-0.15, -0.1) is 0 Å². The van der Waals surface area contributed by atoms with Gasteiger partial charge in [-0.25, -0.2) is 0 Å². The second kappa shape index (κ2) is 50.8. The van der Waals surface area contributed by atoms with Crippen LogP contribution in [-0.4, -0.2) is 37.2 Å². The van der Waals surface area contributed by atoms with Crippen LogP contribution in [0.4, 0.5) is 0 Å². The molecule has 0 N–H and O–H groups in total. The highest BCUT2D eigenvalue weighted by atomic mass is 16.6. The Morgan fingerprint density at radius 1 is 0.311 bits per heavy atom. The summed E-state index contributed by atoms with van der Waals surface area (Å²) in [7, 11) is 0. The summed E-state index contributed by atoms with van der Waals surface area (Å²) in [5, 5.41) is 0. The predicted molar refractivity (Wildman–Crippen MR) is 261 cm³/mol. The lowest BCUT2D eigenvalue weighted by atomic mass is 10.0. The van der Waals surface area contributed by atoms with E-state index in [1.54, 1.807) is 0 Å². The van der Waals surface area contributed by atoms with Crippen molar-refractivity contribution in [3.63, 3.8) is 0 Å². The van der Waals surface area contributed by atoms with Gasteiger partial charge in [0, 0.05) is 19.3 Å². The molecular formula is C55H104O6.